The SMILES string of the molecule is COc1ccc(Cl)cc1NC(=O)C(C)N(C)CCOc1cccc(C)c1. The van der Waals surface area contributed by atoms with E-state index < -0.39 is 0 Å². The van der Waals surface area contributed by atoms with Crippen molar-refractivity contribution in [2.24, 2.45) is 0 Å². The molecule has 26 heavy (non-hydrogen) atoms. The molecule has 0 aliphatic heterocycles. The molecular weight excluding hydrogens is 352 g/mol. The van der Waals surface area contributed by atoms with E-state index in [1.807, 2.05) is 50.1 Å². The number of methoxy groups -OCH3 is 1. The van der Waals surface area contributed by atoms with Crippen LogP contribution >= 0.6 is 11.6 Å². The lowest BCUT2D eigenvalue weighted by Crippen LogP contribution is -2.41. The van der Waals surface area contributed by atoms with Gasteiger partial charge in [0.25, 0.3) is 0 Å². The summed E-state index contributed by atoms with van der Waals surface area (Å²) in [6.07, 6.45) is 0. The van der Waals surface area contributed by atoms with Gasteiger partial charge in [0, 0.05) is 11.6 Å². The second-order valence-corrected chi connectivity index (χ2v) is 6.59. The van der Waals surface area contributed by atoms with Crippen LogP contribution in [0.25, 0.3) is 0 Å². The number of amides is 1. The molecule has 0 saturated carbocycles. The summed E-state index contributed by atoms with van der Waals surface area (Å²) in [6, 6.07) is 12.7. The van der Waals surface area contributed by atoms with Crippen LogP contribution in [0.15, 0.2) is 42.5 Å². The number of aryl methyl sites for hydroxylation is 1. The Kier molecular flexibility index (Phi) is 7.30. The van der Waals surface area contributed by atoms with Crippen LogP contribution in [-0.2, 0) is 4.79 Å². The van der Waals surface area contributed by atoms with Crippen molar-refractivity contribution in [2.75, 3.05) is 32.6 Å². The van der Waals surface area contributed by atoms with E-state index in [4.69, 9.17) is 21.1 Å². The fourth-order valence-corrected chi connectivity index (χ4v) is 2.59. The minimum atomic E-state index is -0.334. The summed E-state index contributed by atoms with van der Waals surface area (Å²) in [6.45, 7) is 4.99. The molecule has 0 aliphatic rings. The molecule has 0 aromatic heterocycles. The predicted molar refractivity (Wildman–Crippen MR) is 105 cm³/mol. The maximum atomic E-state index is 12.5. The van der Waals surface area contributed by atoms with Gasteiger partial charge in [0.1, 0.15) is 18.1 Å². The lowest BCUT2D eigenvalue weighted by molar-refractivity contribution is -0.120. The molecule has 0 fully saturated rings. The van der Waals surface area contributed by atoms with Gasteiger partial charge >= 0.3 is 0 Å². The summed E-state index contributed by atoms with van der Waals surface area (Å²) in [5.41, 5.74) is 1.71. The van der Waals surface area contributed by atoms with E-state index in [-0.39, 0.29) is 11.9 Å². The predicted octanol–water partition coefficient (Wildman–Crippen LogP) is 3.99. The highest BCUT2D eigenvalue weighted by atomic mass is 35.5. The monoisotopic (exact) mass is 376 g/mol. The van der Waals surface area contributed by atoms with Gasteiger partial charge in [0.15, 0.2) is 0 Å². The molecule has 140 valence electrons. The standard InChI is InChI=1S/C20H25ClN2O3/c1-14-6-5-7-17(12-14)26-11-10-23(3)15(2)20(24)22-18-13-16(21)8-9-19(18)25-4/h5-9,12-13,15H,10-11H2,1-4H3,(H,22,24). The zero-order valence-corrected chi connectivity index (χ0v) is 16.3. The minimum absolute atomic E-state index is 0.136. The molecular formula is C20H25ClN2O3. The van der Waals surface area contributed by atoms with Gasteiger partial charge in [-0.15, -0.1) is 0 Å². The van der Waals surface area contributed by atoms with E-state index in [1.54, 1.807) is 25.3 Å². The highest BCUT2D eigenvalue weighted by Crippen LogP contribution is 2.27. The third-order valence-electron chi connectivity index (χ3n) is 4.16. The van der Waals surface area contributed by atoms with E-state index in [0.717, 1.165) is 11.3 Å². The quantitative estimate of drug-likeness (QED) is 0.756. The summed E-state index contributed by atoms with van der Waals surface area (Å²) in [4.78, 5) is 14.5. The number of likely N-dealkylation sites (N-methyl/N-ethyl adjacent to an activating group) is 1. The molecule has 0 saturated heterocycles. The minimum Gasteiger partial charge on any atom is -0.495 e. The van der Waals surface area contributed by atoms with Gasteiger partial charge in [-0.3, -0.25) is 9.69 Å². The molecule has 0 heterocycles. The van der Waals surface area contributed by atoms with Crippen LogP contribution < -0.4 is 14.8 Å². The highest BCUT2D eigenvalue weighted by molar-refractivity contribution is 6.31. The van der Waals surface area contributed by atoms with Crippen LogP contribution in [0, 0.1) is 6.92 Å². The molecule has 0 bridgehead atoms. The number of nitrogens with zero attached hydrogens (tertiary/aromatic N) is 1. The Morgan fingerprint density at radius 2 is 2.04 bits per heavy atom. The molecule has 0 aliphatic carbocycles. The zero-order chi connectivity index (χ0) is 19.1. The first kappa shape index (κ1) is 20.1. The topological polar surface area (TPSA) is 50.8 Å². The van der Waals surface area contributed by atoms with Crippen LogP contribution in [-0.4, -0.2) is 44.2 Å². The molecule has 5 nitrogen and oxygen atoms in total. The summed E-state index contributed by atoms with van der Waals surface area (Å²) >= 11 is 6.00. The van der Waals surface area contributed by atoms with Gasteiger partial charge in [0.2, 0.25) is 5.91 Å². The Labute approximate surface area is 159 Å². The second-order valence-electron chi connectivity index (χ2n) is 6.16. The molecule has 2 rings (SSSR count). The largest absolute Gasteiger partial charge is 0.495 e. The molecule has 6 heteroatoms. The summed E-state index contributed by atoms with van der Waals surface area (Å²) in [5.74, 6) is 1.27. The fraction of sp³-hybridized carbons (Fsp3) is 0.350. The van der Waals surface area contributed by atoms with Crippen molar-refractivity contribution in [1.82, 2.24) is 4.90 Å². The molecule has 2 aromatic carbocycles. The van der Waals surface area contributed by atoms with E-state index >= 15 is 0 Å². The average Bonchev–Trinajstić information content (AvgIpc) is 2.61. The van der Waals surface area contributed by atoms with E-state index in [0.29, 0.717) is 29.6 Å². The highest BCUT2D eigenvalue weighted by Gasteiger charge is 2.19. The Bertz CT molecular complexity index is 752. The van der Waals surface area contributed by atoms with Crippen molar-refractivity contribution >= 4 is 23.2 Å². The van der Waals surface area contributed by atoms with Gasteiger partial charge in [-0.25, -0.2) is 0 Å². The molecule has 0 radical (unpaired) electrons. The number of nitrogens with one attached hydrogen (secondary N) is 1. The lowest BCUT2D eigenvalue weighted by atomic mass is 10.2. The number of anilines is 1. The van der Waals surface area contributed by atoms with Crippen molar-refractivity contribution in [3.8, 4) is 11.5 Å². The second kappa shape index (κ2) is 9.46. The Morgan fingerprint density at radius 3 is 2.73 bits per heavy atom. The number of halogens is 1. The summed E-state index contributed by atoms with van der Waals surface area (Å²) < 4.78 is 11.0. The smallest absolute Gasteiger partial charge is 0.241 e. The Balaban J connectivity index is 1.88. The molecule has 1 atom stereocenters. The first-order valence-corrected chi connectivity index (χ1v) is 8.82. The number of carbonyl (C=O) groups excluding carboxylic acids is 1. The number of carbonyl (C=O) groups is 1. The van der Waals surface area contributed by atoms with Crippen LogP contribution in [0.5, 0.6) is 11.5 Å². The van der Waals surface area contributed by atoms with Gasteiger partial charge < -0.3 is 14.8 Å². The van der Waals surface area contributed by atoms with Crippen LogP contribution in [0.1, 0.15) is 12.5 Å². The molecule has 1 amide bonds. The number of ether oxygens (including phenoxy) is 2. The third-order valence-corrected chi connectivity index (χ3v) is 4.40. The van der Waals surface area contributed by atoms with E-state index in [1.165, 1.54) is 0 Å². The van der Waals surface area contributed by atoms with Crippen molar-refractivity contribution in [3.63, 3.8) is 0 Å². The van der Waals surface area contributed by atoms with Gasteiger partial charge in [-0.1, -0.05) is 23.7 Å². The van der Waals surface area contributed by atoms with Crippen LogP contribution in [0.4, 0.5) is 5.69 Å². The molecule has 0 spiro atoms. The van der Waals surface area contributed by atoms with Crippen LogP contribution in [0.2, 0.25) is 5.02 Å². The fourth-order valence-electron chi connectivity index (χ4n) is 2.42. The van der Waals surface area contributed by atoms with Crippen molar-refractivity contribution < 1.29 is 14.3 Å². The zero-order valence-electron chi connectivity index (χ0n) is 15.6. The van der Waals surface area contributed by atoms with Crippen LogP contribution in [0.3, 0.4) is 0 Å². The van der Waals surface area contributed by atoms with Gasteiger partial charge in [-0.2, -0.15) is 0 Å². The molecule has 2 aromatic rings. The Morgan fingerprint density at radius 1 is 1.27 bits per heavy atom. The number of rotatable bonds is 8. The van der Waals surface area contributed by atoms with Gasteiger partial charge in [-0.05, 0) is 56.8 Å². The average molecular weight is 377 g/mol. The van der Waals surface area contributed by atoms with Crippen molar-refractivity contribution in [3.05, 3.63) is 53.1 Å². The third kappa shape index (κ3) is 5.64. The molecule has 1 unspecified atom stereocenters. The lowest BCUT2D eigenvalue weighted by Gasteiger charge is -2.24. The molecule has 1 N–H and O–H groups in total. The summed E-state index contributed by atoms with van der Waals surface area (Å²) in [7, 11) is 3.44. The number of hydrogen-bond acceptors (Lipinski definition) is 4. The Hall–Kier alpha value is -2.24. The normalized spacial score (nSPS) is 11.9. The van der Waals surface area contributed by atoms with Crippen molar-refractivity contribution in [2.45, 2.75) is 19.9 Å². The van der Waals surface area contributed by atoms with Crippen molar-refractivity contribution in [1.29, 1.82) is 0 Å². The number of benzene rings is 2. The maximum Gasteiger partial charge on any atom is 0.241 e. The maximum absolute atomic E-state index is 12.5. The summed E-state index contributed by atoms with van der Waals surface area (Å²) in [5, 5.41) is 3.40. The number of hydrogen-bond donors (Lipinski definition) is 1. The van der Waals surface area contributed by atoms with Gasteiger partial charge in [0.05, 0.1) is 18.8 Å². The first-order chi connectivity index (χ1) is 12.4. The van der Waals surface area contributed by atoms with E-state index in [2.05, 4.69) is 5.32 Å². The van der Waals surface area contributed by atoms with E-state index in [9.17, 15) is 4.79 Å². The first-order valence-electron chi connectivity index (χ1n) is 8.45.